The number of nitrogens with zero attached hydrogens (tertiary/aromatic N) is 2. The van der Waals surface area contributed by atoms with Crippen molar-refractivity contribution in [2.45, 2.75) is 20.4 Å². The van der Waals surface area contributed by atoms with Crippen molar-refractivity contribution in [3.63, 3.8) is 0 Å². The summed E-state index contributed by atoms with van der Waals surface area (Å²) in [6.45, 7) is 5.93. The molecule has 0 saturated carbocycles. The summed E-state index contributed by atoms with van der Waals surface area (Å²) >= 11 is 0. The van der Waals surface area contributed by atoms with Crippen LogP contribution in [0.4, 0.5) is 0 Å². The molecule has 0 bridgehead atoms. The molecule has 0 atom stereocenters. The summed E-state index contributed by atoms with van der Waals surface area (Å²) in [5.74, 6) is 0.829. The Balaban J connectivity index is 2.33. The first-order valence-electron chi connectivity index (χ1n) is 6.15. The number of nitrogens with one attached hydrogen (secondary N) is 1. The van der Waals surface area contributed by atoms with Crippen molar-refractivity contribution < 1.29 is 4.74 Å². The van der Waals surface area contributed by atoms with E-state index in [4.69, 9.17) is 4.74 Å². The predicted octanol–water partition coefficient (Wildman–Crippen LogP) is 2.30. The molecular formula is C14H19N3O. The van der Waals surface area contributed by atoms with Crippen molar-refractivity contribution in [3.8, 4) is 11.4 Å². The van der Waals surface area contributed by atoms with E-state index in [0.29, 0.717) is 0 Å². The fourth-order valence-electron chi connectivity index (χ4n) is 1.87. The lowest BCUT2D eigenvalue weighted by Crippen LogP contribution is -2.11. The number of hydrogen-bond donors (Lipinski definition) is 1. The zero-order chi connectivity index (χ0) is 13.0. The molecule has 1 heterocycles. The highest BCUT2D eigenvalue weighted by Gasteiger charge is 2.09. The molecular weight excluding hydrogens is 226 g/mol. The topological polar surface area (TPSA) is 39.1 Å². The molecule has 0 spiro atoms. The van der Waals surface area contributed by atoms with Gasteiger partial charge in [-0.25, -0.2) is 4.68 Å². The molecule has 2 aromatic rings. The van der Waals surface area contributed by atoms with E-state index in [2.05, 4.69) is 23.5 Å². The second-order valence-electron chi connectivity index (χ2n) is 4.14. The highest BCUT2D eigenvalue weighted by atomic mass is 16.5. The molecule has 4 nitrogen and oxygen atoms in total. The average molecular weight is 245 g/mol. The maximum absolute atomic E-state index is 5.35. The number of para-hydroxylation sites is 2. The molecule has 0 aliphatic carbocycles. The average Bonchev–Trinajstić information content (AvgIpc) is 2.77. The first-order chi connectivity index (χ1) is 8.76. The molecule has 1 aromatic carbocycles. The molecule has 0 aliphatic rings. The van der Waals surface area contributed by atoms with Gasteiger partial charge in [-0.05, 0) is 25.6 Å². The minimum Gasteiger partial charge on any atom is -0.494 e. The molecule has 2 rings (SSSR count). The van der Waals surface area contributed by atoms with Crippen molar-refractivity contribution in [2.75, 3.05) is 13.7 Å². The minimum atomic E-state index is 0.829. The lowest BCUT2D eigenvalue weighted by molar-refractivity contribution is 0.411. The summed E-state index contributed by atoms with van der Waals surface area (Å²) in [5.41, 5.74) is 3.22. The van der Waals surface area contributed by atoms with Gasteiger partial charge in [0.05, 0.1) is 12.8 Å². The second kappa shape index (κ2) is 5.69. The van der Waals surface area contributed by atoms with Crippen LogP contribution >= 0.6 is 0 Å². The maximum atomic E-state index is 5.35. The first kappa shape index (κ1) is 12.6. The van der Waals surface area contributed by atoms with Gasteiger partial charge in [0.15, 0.2) is 0 Å². The third-order valence-corrected chi connectivity index (χ3v) is 2.90. The fourth-order valence-corrected chi connectivity index (χ4v) is 1.87. The number of hydrogen-bond acceptors (Lipinski definition) is 3. The molecule has 1 aromatic heterocycles. The molecule has 96 valence electrons. The van der Waals surface area contributed by atoms with E-state index in [1.807, 2.05) is 35.9 Å². The van der Waals surface area contributed by atoms with Crippen LogP contribution in [-0.4, -0.2) is 23.4 Å². The first-order valence-corrected chi connectivity index (χ1v) is 6.15. The number of benzene rings is 1. The van der Waals surface area contributed by atoms with Crippen molar-refractivity contribution in [2.24, 2.45) is 0 Å². The van der Waals surface area contributed by atoms with Crippen LogP contribution in [-0.2, 0) is 6.54 Å². The Bertz CT molecular complexity index is 520. The van der Waals surface area contributed by atoms with Crippen molar-refractivity contribution in [1.82, 2.24) is 15.1 Å². The quantitative estimate of drug-likeness (QED) is 0.878. The number of aromatic nitrogens is 2. The zero-order valence-electron chi connectivity index (χ0n) is 11.1. The maximum Gasteiger partial charge on any atom is 0.144 e. The van der Waals surface area contributed by atoms with Crippen LogP contribution in [0, 0.1) is 6.92 Å². The molecule has 0 fully saturated rings. The third kappa shape index (κ3) is 2.54. The summed E-state index contributed by atoms with van der Waals surface area (Å²) in [5, 5.41) is 7.85. The van der Waals surface area contributed by atoms with Crippen LogP contribution in [0.1, 0.15) is 18.2 Å². The van der Waals surface area contributed by atoms with E-state index < -0.39 is 0 Å². The summed E-state index contributed by atoms with van der Waals surface area (Å²) < 4.78 is 7.23. The summed E-state index contributed by atoms with van der Waals surface area (Å²) in [7, 11) is 1.68. The number of ether oxygens (including phenoxy) is 1. The van der Waals surface area contributed by atoms with Gasteiger partial charge >= 0.3 is 0 Å². The zero-order valence-corrected chi connectivity index (χ0v) is 11.1. The van der Waals surface area contributed by atoms with E-state index in [1.54, 1.807) is 7.11 Å². The smallest absolute Gasteiger partial charge is 0.144 e. The van der Waals surface area contributed by atoms with Crippen LogP contribution in [0.25, 0.3) is 5.69 Å². The SMILES string of the molecule is CCNCc1cn(-c2ccccc2OC)nc1C. The minimum absolute atomic E-state index is 0.829. The molecule has 0 saturated heterocycles. The fraction of sp³-hybridized carbons (Fsp3) is 0.357. The van der Waals surface area contributed by atoms with Crippen LogP contribution in [0.3, 0.4) is 0 Å². The molecule has 4 heteroatoms. The van der Waals surface area contributed by atoms with Gasteiger partial charge in [0, 0.05) is 18.3 Å². The van der Waals surface area contributed by atoms with Crippen molar-refractivity contribution in [1.29, 1.82) is 0 Å². The van der Waals surface area contributed by atoms with Crippen LogP contribution < -0.4 is 10.1 Å². The van der Waals surface area contributed by atoms with Crippen LogP contribution in [0.2, 0.25) is 0 Å². The van der Waals surface area contributed by atoms with Crippen LogP contribution in [0.5, 0.6) is 5.75 Å². The summed E-state index contributed by atoms with van der Waals surface area (Å²) in [6.07, 6.45) is 2.05. The van der Waals surface area contributed by atoms with E-state index in [0.717, 1.165) is 30.2 Å². The van der Waals surface area contributed by atoms with E-state index in [-0.39, 0.29) is 0 Å². The lowest BCUT2D eigenvalue weighted by atomic mass is 10.2. The van der Waals surface area contributed by atoms with E-state index in [1.165, 1.54) is 5.56 Å². The normalized spacial score (nSPS) is 10.6. The molecule has 0 unspecified atom stereocenters. The van der Waals surface area contributed by atoms with Gasteiger partial charge in [-0.3, -0.25) is 0 Å². The summed E-state index contributed by atoms with van der Waals surface area (Å²) in [4.78, 5) is 0. The van der Waals surface area contributed by atoms with E-state index >= 15 is 0 Å². The van der Waals surface area contributed by atoms with Gasteiger partial charge < -0.3 is 10.1 Å². The third-order valence-electron chi connectivity index (χ3n) is 2.90. The Hall–Kier alpha value is -1.81. The predicted molar refractivity (Wildman–Crippen MR) is 72.2 cm³/mol. The number of rotatable bonds is 5. The Morgan fingerprint density at radius 2 is 2.11 bits per heavy atom. The molecule has 0 aliphatic heterocycles. The van der Waals surface area contributed by atoms with Crippen molar-refractivity contribution in [3.05, 3.63) is 41.7 Å². The van der Waals surface area contributed by atoms with Crippen LogP contribution in [0.15, 0.2) is 30.5 Å². The largest absolute Gasteiger partial charge is 0.494 e. The van der Waals surface area contributed by atoms with E-state index in [9.17, 15) is 0 Å². The molecule has 18 heavy (non-hydrogen) atoms. The lowest BCUT2D eigenvalue weighted by Gasteiger charge is -2.07. The van der Waals surface area contributed by atoms with Gasteiger partial charge in [0.25, 0.3) is 0 Å². The van der Waals surface area contributed by atoms with Gasteiger partial charge in [-0.2, -0.15) is 5.10 Å². The highest BCUT2D eigenvalue weighted by Crippen LogP contribution is 2.22. The molecule has 0 amide bonds. The molecule has 0 radical (unpaired) electrons. The number of methoxy groups -OCH3 is 1. The highest BCUT2D eigenvalue weighted by molar-refractivity contribution is 5.46. The Labute approximate surface area is 108 Å². The van der Waals surface area contributed by atoms with Gasteiger partial charge in [-0.15, -0.1) is 0 Å². The monoisotopic (exact) mass is 245 g/mol. The second-order valence-corrected chi connectivity index (χ2v) is 4.14. The Morgan fingerprint density at radius 1 is 1.33 bits per heavy atom. The Kier molecular flexibility index (Phi) is 3.99. The van der Waals surface area contributed by atoms with Gasteiger partial charge in [-0.1, -0.05) is 19.1 Å². The van der Waals surface area contributed by atoms with Gasteiger partial charge in [0.1, 0.15) is 11.4 Å². The summed E-state index contributed by atoms with van der Waals surface area (Å²) in [6, 6.07) is 7.88. The standard InChI is InChI=1S/C14H19N3O/c1-4-15-9-12-10-17(16-11(12)2)13-7-5-6-8-14(13)18-3/h5-8,10,15H,4,9H2,1-3H3. The Morgan fingerprint density at radius 3 is 2.83 bits per heavy atom. The van der Waals surface area contributed by atoms with Crippen molar-refractivity contribution >= 4 is 0 Å². The van der Waals surface area contributed by atoms with Gasteiger partial charge in [0.2, 0.25) is 0 Å². The molecule has 1 N–H and O–H groups in total. The number of aryl methyl sites for hydroxylation is 1.